The van der Waals surface area contributed by atoms with Gasteiger partial charge < -0.3 is 0 Å². The molecule has 0 unspecified atom stereocenters. The summed E-state index contributed by atoms with van der Waals surface area (Å²) < 4.78 is 16.1. The molecule has 0 spiro atoms. The first-order chi connectivity index (χ1) is 7.22. The minimum absolute atomic E-state index is 0.155. The molecule has 0 aromatic carbocycles. The van der Waals surface area contributed by atoms with Crippen LogP contribution in [0.25, 0.3) is 0 Å². The SMILES string of the molecule is [2H][C@H](CCCCCCCCC)[C@@H]([2H])CI. The first kappa shape index (κ1) is 10.3. The Labute approximate surface area is 101 Å². The van der Waals surface area contributed by atoms with Gasteiger partial charge in [0, 0.05) is 2.74 Å². The molecule has 0 bridgehead atoms. The van der Waals surface area contributed by atoms with Crippen molar-refractivity contribution >= 4 is 22.6 Å². The summed E-state index contributed by atoms with van der Waals surface area (Å²) in [6.45, 7) is 2.24. The van der Waals surface area contributed by atoms with Crippen LogP contribution in [0, 0.1) is 0 Å². The number of hydrogen-bond acceptors (Lipinski definition) is 0. The molecule has 1 heteroatoms. The second-order valence-electron chi connectivity index (χ2n) is 3.54. The van der Waals surface area contributed by atoms with E-state index in [1.165, 1.54) is 38.5 Å². The number of halogens is 1. The zero-order valence-corrected chi connectivity index (χ0v) is 11.1. The highest BCUT2D eigenvalue weighted by atomic mass is 127. The highest BCUT2D eigenvalue weighted by molar-refractivity contribution is 14.1. The fourth-order valence-corrected chi connectivity index (χ4v) is 1.76. The molecule has 80 valence electrons. The van der Waals surface area contributed by atoms with Crippen molar-refractivity contribution in [2.24, 2.45) is 0 Å². The van der Waals surface area contributed by atoms with Gasteiger partial charge >= 0.3 is 0 Å². The minimum atomic E-state index is -0.175. The van der Waals surface area contributed by atoms with Crippen LogP contribution in [0.3, 0.4) is 0 Å². The summed E-state index contributed by atoms with van der Waals surface area (Å²) in [5, 5.41) is 0. The summed E-state index contributed by atoms with van der Waals surface area (Å²) in [5.41, 5.74) is 0. The van der Waals surface area contributed by atoms with E-state index < -0.39 is 0 Å². The fraction of sp³-hybridized carbons (Fsp3) is 1.00. The lowest BCUT2D eigenvalue weighted by molar-refractivity contribution is 0.563. The monoisotopic (exact) mass is 298 g/mol. The van der Waals surface area contributed by atoms with Crippen molar-refractivity contribution in [3.8, 4) is 0 Å². The zero-order chi connectivity index (χ0) is 11.5. The highest BCUT2D eigenvalue weighted by Gasteiger charge is 1.91. The Bertz CT molecular complexity index is 131. The molecule has 0 rings (SSSR count). The van der Waals surface area contributed by atoms with Crippen LogP contribution in [0.2, 0.25) is 0 Å². The molecule has 0 aliphatic rings. The summed E-state index contributed by atoms with van der Waals surface area (Å²) in [5.74, 6) is 0. The summed E-state index contributed by atoms with van der Waals surface area (Å²) in [4.78, 5) is 0. The molecule has 0 radical (unpaired) electrons. The van der Waals surface area contributed by atoms with E-state index in [0.717, 1.165) is 17.3 Å². The molecule has 0 nitrogen and oxygen atoms in total. The Hall–Kier alpha value is 0.730. The molecule has 2 atom stereocenters. The molecule has 0 saturated heterocycles. The lowest BCUT2D eigenvalue weighted by Crippen LogP contribution is -1.81. The predicted molar refractivity (Wildman–Crippen MR) is 70.7 cm³/mol. The third kappa shape index (κ3) is 12.7. The molecule has 0 amide bonds. The Morgan fingerprint density at radius 1 is 0.846 bits per heavy atom. The third-order valence-electron chi connectivity index (χ3n) is 2.23. The van der Waals surface area contributed by atoms with E-state index in [4.69, 9.17) is 2.74 Å². The number of hydrogen-bond donors (Lipinski definition) is 0. The van der Waals surface area contributed by atoms with Gasteiger partial charge in [-0.2, -0.15) is 0 Å². The molecule has 13 heavy (non-hydrogen) atoms. The number of unbranched alkanes of at least 4 members (excludes halogenated alkanes) is 6. The van der Waals surface area contributed by atoms with Crippen molar-refractivity contribution < 1.29 is 2.74 Å². The number of rotatable bonds is 10. The summed E-state index contributed by atoms with van der Waals surface area (Å²) in [6.07, 6.45) is 9.71. The molecule has 0 N–H and O–H groups in total. The molecule has 0 aliphatic carbocycles. The Morgan fingerprint density at radius 3 is 1.92 bits per heavy atom. The normalized spacial score (nSPS) is 17.7. The Kier molecular flexibility index (Phi) is 10.0. The summed E-state index contributed by atoms with van der Waals surface area (Å²) in [7, 11) is 0. The first-order valence-corrected chi connectivity index (χ1v) is 7.15. The van der Waals surface area contributed by atoms with E-state index in [-0.39, 0.29) is 12.8 Å². The summed E-state index contributed by atoms with van der Waals surface area (Å²) >= 11 is 2.20. The zero-order valence-electron chi connectivity index (χ0n) is 10.9. The molecular formula is C12H25I. The van der Waals surface area contributed by atoms with Crippen molar-refractivity contribution in [2.75, 3.05) is 4.43 Å². The molecule has 0 saturated carbocycles. The molecule has 0 aromatic rings. The third-order valence-corrected chi connectivity index (χ3v) is 2.74. The fourth-order valence-electron chi connectivity index (χ4n) is 1.40. The maximum atomic E-state index is 7.73. The van der Waals surface area contributed by atoms with Gasteiger partial charge in [-0.25, -0.2) is 0 Å². The van der Waals surface area contributed by atoms with Crippen molar-refractivity contribution in [1.82, 2.24) is 0 Å². The maximum Gasteiger partial charge on any atom is 0.0274 e. The topological polar surface area (TPSA) is 0 Å². The molecule has 0 aliphatic heterocycles. The minimum Gasteiger partial charge on any atom is -0.0864 e. The van der Waals surface area contributed by atoms with Gasteiger partial charge in [-0.05, 0) is 10.8 Å². The van der Waals surface area contributed by atoms with Gasteiger partial charge in [-0.15, -0.1) is 0 Å². The van der Waals surface area contributed by atoms with Gasteiger partial charge in [0.1, 0.15) is 0 Å². The van der Waals surface area contributed by atoms with Crippen LogP contribution < -0.4 is 0 Å². The molecule has 0 aromatic heterocycles. The molecule has 0 fully saturated rings. The van der Waals surface area contributed by atoms with Crippen LogP contribution in [0.1, 0.15) is 73.8 Å². The van der Waals surface area contributed by atoms with Crippen LogP contribution in [-0.2, 0) is 0 Å². The van der Waals surface area contributed by atoms with E-state index >= 15 is 0 Å². The average Bonchev–Trinajstić information content (AvgIpc) is 2.26. The van der Waals surface area contributed by atoms with Crippen LogP contribution in [-0.4, -0.2) is 4.43 Å². The average molecular weight is 298 g/mol. The highest BCUT2D eigenvalue weighted by Crippen LogP contribution is 2.10. The molecular weight excluding hydrogens is 271 g/mol. The lowest BCUT2D eigenvalue weighted by Gasteiger charge is -2.00. The van der Waals surface area contributed by atoms with E-state index in [1.807, 2.05) is 0 Å². The smallest absolute Gasteiger partial charge is 0.0274 e. The quantitative estimate of drug-likeness (QED) is 0.290. The van der Waals surface area contributed by atoms with Gasteiger partial charge in [0.15, 0.2) is 0 Å². The van der Waals surface area contributed by atoms with Gasteiger partial charge in [0.05, 0.1) is 0 Å². The Morgan fingerprint density at radius 2 is 1.38 bits per heavy atom. The second-order valence-corrected chi connectivity index (χ2v) is 4.42. The van der Waals surface area contributed by atoms with Gasteiger partial charge in [-0.1, -0.05) is 87.3 Å². The van der Waals surface area contributed by atoms with Crippen molar-refractivity contribution in [1.29, 1.82) is 0 Å². The van der Waals surface area contributed by atoms with Gasteiger partial charge in [-0.3, -0.25) is 0 Å². The van der Waals surface area contributed by atoms with Crippen LogP contribution in [0.15, 0.2) is 0 Å². The van der Waals surface area contributed by atoms with Crippen molar-refractivity contribution in [3.05, 3.63) is 0 Å². The maximum absolute atomic E-state index is 7.73. The number of alkyl halides is 1. The largest absolute Gasteiger partial charge is 0.0864 e. The van der Waals surface area contributed by atoms with E-state index in [9.17, 15) is 0 Å². The second kappa shape index (κ2) is 12.7. The van der Waals surface area contributed by atoms with Crippen molar-refractivity contribution in [3.63, 3.8) is 0 Å². The van der Waals surface area contributed by atoms with Gasteiger partial charge in [0.25, 0.3) is 0 Å². The summed E-state index contributed by atoms with van der Waals surface area (Å²) in [6, 6.07) is 0. The van der Waals surface area contributed by atoms with Crippen molar-refractivity contribution in [2.45, 2.75) is 71.1 Å². The first-order valence-electron chi connectivity index (χ1n) is 6.78. The van der Waals surface area contributed by atoms with Crippen LogP contribution in [0.4, 0.5) is 0 Å². The van der Waals surface area contributed by atoms with Crippen LogP contribution >= 0.6 is 22.6 Å². The standard InChI is InChI=1S/C12H25I/c1-2-3-4-5-6-7-8-9-10-11-12-13/h2-12H2,1H3/i10D,11D/t10-,11-/m1/s1. The van der Waals surface area contributed by atoms with E-state index in [0.29, 0.717) is 0 Å². The predicted octanol–water partition coefficient (Wildman–Crippen LogP) is 5.34. The lowest BCUT2D eigenvalue weighted by atomic mass is 10.1. The molecule has 0 heterocycles. The van der Waals surface area contributed by atoms with Crippen LogP contribution in [0.5, 0.6) is 0 Å². The Balaban J connectivity index is 3.16. The van der Waals surface area contributed by atoms with Gasteiger partial charge in [0.2, 0.25) is 0 Å². The van der Waals surface area contributed by atoms with E-state index in [2.05, 4.69) is 29.5 Å². The van der Waals surface area contributed by atoms with E-state index in [1.54, 1.807) is 0 Å².